The highest BCUT2D eigenvalue weighted by Crippen LogP contribution is 2.33. The topological polar surface area (TPSA) is 72.5 Å². The van der Waals surface area contributed by atoms with Gasteiger partial charge in [0.15, 0.2) is 0 Å². The van der Waals surface area contributed by atoms with E-state index >= 15 is 0 Å². The van der Waals surface area contributed by atoms with Crippen molar-refractivity contribution in [3.05, 3.63) is 48.0 Å². The molecule has 0 radical (unpaired) electrons. The SMILES string of the molecule is COc1ccccc1-c1ccc(N)cc1C(=O)O. The number of hydrogen-bond donors (Lipinski definition) is 2. The van der Waals surface area contributed by atoms with Crippen LogP contribution in [-0.2, 0) is 0 Å². The predicted molar refractivity (Wildman–Crippen MR) is 69.8 cm³/mol. The molecule has 2 aromatic rings. The number of carboxylic acid groups (broad SMARTS) is 1. The van der Waals surface area contributed by atoms with Crippen LogP contribution >= 0.6 is 0 Å². The highest BCUT2D eigenvalue weighted by molar-refractivity contribution is 5.98. The predicted octanol–water partition coefficient (Wildman–Crippen LogP) is 2.64. The van der Waals surface area contributed by atoms with Gasteiger partial charge in [0.25, 0.3) is 0 Å². The highest BCUT2D eigenvalue weighted by atomic mass is 16.5. The van der Waals surface area contributed by atoms with Crippen molar-refractivity contribution < 1.29 is 14.6 Å². The van der Waals surface area contributed by atoms with Crippen LogP contribution in [-0.4, -0.2) is 18.2 Å². The van der Waals surface area contributed by atoms with E-state index in [-0.39, 0.29) is 5.56 Å². The van der Waals surface area contributed by atoms with Crippen molar-refractivity contribution in [3.8, 4) is 16.9 Å². The molecule has 0 aliphatic heterocycles. The Labute approximate surface area is 105 Å². The van der Waals surface area contributed by atoms with Gasteiger partial charge in [-0.3, -0.25) is 0 Å². The third-order valence-corrected chi connectivity index (χ3v) is 2.67. The molecule has 0 aliphatic rings. The van der Waals surface area contributed by atoms with E-state index in [0.717, 1.165) is 5.56 Å². The normalized spacial score (nSPS) is 10.1. The van der Waals surface area contributed by atoms with Crippen molar-refractivity contribution >= 4 is 11.7 Å². The van der Waals surface area contributed by atoms with Crippen molar-refractivity contribution in [2.24, 2.45) is 0 Å². The van der Waals surface area contributed by atoms with Crippen molar-refractivity contribution in [1.82, 2.24) is 0 Å². The van der Waals surface area contributed by atoms with Crippen LogP contribution in [0.25, 0.3) is 11.1 Å². The van der Waals surface area contributed by atoms with Gasteiger partial charge in [-0.15, -0.1) is 0 Å². The van der Waals surface area contributed by atoms with E-state index in [1.165, 1.54) is 6.07 Å². The third-order valence-electron chi connectivity index (χ3n) is 2.67. The number of rotatable bonds is 3. The summed E-state index contributed by atoms with van der Waals surface area (Å²) in [5, 5.41) is 9.22. The summed E-state index contributed by atoms with van der Waals surface area (Å²) in [6.07, 6.45) is 0. The number of ether oxygens (including phenoxy) is 1. The molecule has 4 nitrogen and oxygen atoms in total. The summed E-state index contributed by atoms with van der Waals surface area (Å²) in [5.41, 5.74) is 7.53. The lowest BCUT2D eigenvalue weighted by Crippen LogP contribution is -2.02. The lowest BCUT2D eigenvalue weighted by atomic mass is 9.98. The summed E-state index contributed by atoms with van der Waals surface area (Å²) < 4.78 is 5.24. The maximum Gasteiger partial charge on any atom is 0.336 e. The molecule has 0 aliphatic carbocycles. The summed E-state index contributed by atoms with van der Waals surface area (Å²) in [6, 6.07) is 12.1. The number of nitrogen functional groups attached to an aromatic ring is 1. The molecule has 0 spiro atoms. The lowest BCUT2D eigenvalue weighted by Gasteiger charge is -2.11. The van der Waals surface area contributed by atoms with Gasteiger partial charge in [-0.1, -0.05) is 24.3 Å². The van der Waals surface area contributed by atoms with E-state index < -0.39 is 5.97 Å². The van der Waals surface area contributed by atoms with Crippen LogP contribution in [0.15, 0.2) is 42.5 Å². The number of carboxylic acids is 1. The number of nitrogens with two attached hydrogens (primary N) is 1. The van der Waals surface area contributed by atoms with Crippen LogP contribution in [0.4, 0.5) is 5.69 Å². The Morgan fingerprint density at radius 2 is 1.89 bits per heavy atom. The summed E-state index contributed by atoms with van der Waals surface area (Å²) in [5.74, 6) is -0.382. The van der Waals surface area contributed by atoms with E-state index in [9.17, 15) is 9.90 Å². The van der Waals surface area contributed by atoms with Gasteiger partial charge in [0.05, 0.1) is 12.7 Å². The standard InChI is InChI=1S/C14H13NO3/c1-18-13-5-3-2-4-11(13)10-7-6-9(15)8-12(10)14(16)17/h2-8H,15H2,1H3,(H,16,17). The summed E-state index contributed by atoms with van der Waals surface area (Å²) in [7, 11) is 1.55. The summed E-state index contributed by atoms with van der Waals surface area (Å²) in [6.45, 7) is 0. The Balaban J connectivity index is 2.67. The van der Waals surface area contributed by atoms with Gasteiger partial charge in [0.2, 0.25) is 0 Å². The zero-order valence-corrected chi connectivity index (χ0v) is 9.88. The summed E-state index contributed by atoms with van der Waals surface area (Å²) in [4.78, 5) is 11.3. The average Bonchev–Trinajstić information content (AvgIpc) is 2.38. The molecular weight excluding hydrogens is 230 g/mol. The molecule has 0 bridgehead atoms. The number of hydrogen-bond acceptors (Lipinski definition) is 3. The number of anilines is 1. The Morgan fingerprint density at radius 1 is 1.17 bits per heavy atom. The fourth-order valence-electron chi connectivity index (χ4n) is 1.84. The largest absolute Gasteiger partial charge is 0.496 e. The van der Waals surface area contributed by atoms with Gasteiger partial charge in [-0.2, -0.15) is 0 Å². The Kier molecular flexibility index (Phi) is 3.19. The number of aromatic carboxylic acids is 1. The maximum atomic E-state index is 11.3. The van der Waals surface area contributed by atoms with E-state index in [4.69, 9.17) is 10.5 Å². The summed E-state index contributed by atoms with van der Waals surface area (Å²) >= 11 is 0. The van der Waals surface area contributed by atoms with Gasteiger partial charge >= 0.3 is 5.97 Å². The molecule has 18 heavy (non-hydrogen) atoms. The number of carbonyl (C=O) groups is 1. The Bertz CT molecular complexity index is 593. The quantitative estimate of drug-likeness (QED) is 0.813. The molecule has 0 fully saturated rings. The third kappa shape index (κ3) is 2.13. The second-order valence-electron chi connectivity index (χ2n) is 3.81. The van der Waals surface area contributed by atoms with Crippen LogP contribution in [0.3, 0.4) is 0 Å². The van der Waals surface area contributed by atoms with Crippen molar-refractivity contribution in [3.63, 3.8) is 0 Å². The van der Waals surface area contributed by atoms with Crippen LogP contribution < -0.4 is 10.5 Å². The molecule has 0 amide bonds. The highest BCUT2D eigenvalue weighted by Gasteiger charge is 2.14. The second kappa shape index (κ2) is 4.79. The van der Waals surface area contributed by atoms with Crippen LogP contribution in [0, 0.1) is 0 Å². The molecule has 4 heteroatoms. The monoisotopic (exact) mass is 243 g/mol. The molecule has 92 valence electrons. The fraction of sp³-hybridized carbons (Fsp3) is 0.0714. The number of para-hydroxylation sites is 1. The van der Waals surface area contributed by atoms with E-state index in [1.54, 1.807) is 25.3 Å². The minimum Gasteiger partial charge on any atom is -0.496 e. The first-order valence-electron chi connectivity index (χ1n) is 5.39. The first kappa shape index (κ1) is 12.0. The lowest BCUT2D eigenvalue weighted by molar-refractivity contribution is 0.0698. The van der Waals surface area contributed by atoms with Crippen molar-refractivity contribution in [1.29, 1.82) is 0 Å². The molecule has 0 atom stereocenters. The number of methoxy groups -OCH3 is 1. The molecular formula is C14H13NO3. The zero-order valence-electron chi connectivity index (χ0n) is 9.88. The fourth-order valence-corrected chi connectivity index (χ4v) is 1.84. The van der Waals surface area contributed by atoms with Gasteiger partial charge in [-0.05, 0) is 18.2 Å². The molecule has 0 saturated carbocycles. The molecule has 0 unspecified atom stereocenters. The molecule has 2 rings (SSSR count). The van der Waals surface area contributed by atoms with Gasteiger partial charge in [-0.25, -0.2) is 4.79 Å². The van der Waals surface area contributed by atoms with Gasteiger partial charge < -0.3 is 15.6 Å². The minimum absolute atomic E-state index is 0.166. The van der Waals surface area contributed by atoms with Crippen LogP contribution in [0.1, 0.15) is 10.4 Å². The smallest absolute Gasteiger partial charge is 0.336 e. The van der Waals surface area contributed by atoms with Crippen LogP contribution in [0.5, 0.6) is 5.75 Å². The number of benzene rings is 2. The molecule has 3 N–H and O–H groups in total. The van der Waals surface area contributed by atoms with E-state index in [2.05, 4.69) is 0 Å². The second-order valence-corrected chi connectivity index (χ2v) is 3.81. The molecule has 0 aromatic heterocycles. The van der Waals surface area contributed by atoms with Crippen molar-refractivity contribution in [2.45, 2.75) is 0 Å². The van der Waals surface area contributed by atoms with Crippen molar-refractivity contribution in [2.75, 3.05) is 12.8 Å². The van der Waals surface area contributed by atoms with E-state index in [0.29, 0.717) is 17.0 Å². The van der Waals surface area contributed by atoms with Crippen LogP contribution in [0.2, 0.25) is 0 Å². The first-order chi connectivity index (χ1) is 8.63. The maximum absolute atomic E-state index is 11.3. The van der Waals surface area contributed by atoms with Gasteiger partial charge in [0, 0.05) is 16.8 Å². The first-order valence-corrected chi connectivity index (χ1v) is 5.39. The Hall–Kier alpha value is -2.49. The average molecular weight is 243 g/mol. The zero-order chi connectivity index (χ0) is 13.1. The molecule has 0 saturated heterocycles. The minimum atomic E-state index is -1.01. The Morgan fingerprint density at radius 3 is 2.56 bits per heavy atom. The van der Waals surface area contributed by atoms with E-state index in [1.807, 2.05) is 18.2 Å². The van der Waals surface area contributed by atoms with Gasteiger partial charge in [0.1, 0.15) is 5.75 Å². The molecule has 0 heterocycles. The molecule has 2 aromatic carbocycles.